The Bertz CT molecular complexity index is 1390. The topological polar surface area (TPSA) is 77.3 Å². The Balaban J connectivity index is 0.000000238. The van der Waals surface area contributed by atoms with Crippen molar-refractivity contribution in [2.24, 2.45) is 9.98 Å². The molecule has 43 heavy (non-hydrogen) atoms. The minimum atomic E-state index is -0.581. The van der Waals surface area contributed by atoms with Crippen molar-refractivity contribution >= 4 is 23.4 Å². The van der Waals surface area contributed by atoms with E-state index in [1.165, 1.54) is 0 Å². The first-order chi connectivity index (χ1) is 21.1. The van der Waals surface area contributed by atoms with Crippen LogP contribution in [0.4, 0.5) is 0 Å². The lowest BCUT2D eigenvalue weighted by Gasteiger charge is -2.13. The summed E-state index contributed by atoms with van der Waals surface area (Å²) in [5.41, 5.74) is 5.51. The molecule has 0 spiro atoms. The van der Waals surface area contributed by atoms with Crippen molar-refractivity contribution in [2.45, 2.75) is 26.3 Å². The van der Waals surface area contributed by atoms with Crippen molar-refractivity contribution < 1.29 is 19.1 Å². The highest BCUT2D eigenvalue weighted by Crippen LogP contribution is 2.15. The first-order valence-electron chi connectivity index (χ1n) is 14.3. The van der Waals surface area contributed by atoms with Gasteiger partial charge in [0.2, 0.25) is 0 Å². The molecule has 0 radical (unpaired) electrons. The number of benzene rings is 4. The minimum Gasteiger partial charge on any atom is -0.465 e. The fourth-order valence-electron chi connectivity index (χ4n) is 4.15. The van der Waals surface area contributed by atoms with Crippen LogP contribution in [0, 0.1) is 0 Å². The fourth-order valence-corrected chi connectivity index (χ4v) is 4.15. The Labute approximate surface area is 254 Å². The maximum absolute atomic E-state index is 12.2. The fraction of sp³-hybridized carbons (Fsp3) is 0.189. The summed E-state index contributed by atoms with van der Waals surface area (Å²) >= 11 is 0. The van der Waals surface area contributed by atoms with Crippen LogP contribution in [0.15, 0.2) is 144 Å². The summed E-state index contributed by atoms with van der Waals surface area (Å²) in [4.78, 5) is 32.8. The van der Waals surface area contributed by atoms with Crippen LogP contribution >= 0.6 is 0 Å². The van der Waals surface area contributed by atoms with Gasteiger partial charge in [-0.25, -0.2) is 4.79 Å². The number of hydrogen-bond acceptors (Lipinski definition) is 6. The molecule has 0 aliphatic heterocycles. The molecule has 1 unspecified atom stereocenters. The quantitative estimate of drug-likeness (QED) is 0.103. The predicted molar refractivity (Wildman–Crippen MR) is 174 cm³/mol. The zero-order chi connectivity index (χ0) is 30.7. The van der Waals surface area contributed by atoms with E-state index in [4.69, 9.17) is 14.5 Å². The standard InChI is InChI=1S/C20H21NO2.C17H17NO2/c1-3-11-18(20(22)23-4-2)21-19(16-12-7-5-8-13-16)17-14-9-6-10-15-17;1-2-20-16(19)13-18-17(14-9-5-3-6-10-14)15-11-7-4-8-12-15/h3,5-10,12-15,18H,1,4,11H2,2H3;3-12H,2,13H2,1H3. The Kier molecular flexibility index (Phi) is 13.8. The third-order valence-electron chi connectivity index (χ3n) is 6.09. The van der Waals surface area contributed by atoms with Crippen LogP contribution in [0.2, 0.25) is 0 Å². The largest absolute Gasteiger partial charge is 0.465 e. The van der Waals surface area contributed by atoms with E-state index < -0.39 is 6.04 Å². The van der Waals surface area contributed by atoms with Gasteiger partial charge in [0.1, 0.15) is 6.54 Å². The molecule has 0 fully saturated rings. The summed E-state index contributed by atoms with van der Waals surface area (Å²) in [5.74, 6) is -0.631. The first-order valence-corrected chi connectivity index (χ1v) is 14.3. The van der Waals surface area contributed by atoms with Crippen LogP contribution in [0.25, 0.3) is 0 Å². The highest BCUT2D eigenvalue weighted by atomic mass is 16.5. The Morgan fingerprint density at radius 2 is 1.05 bits per heavy atom. The van der Waals surface area contributed by atoms with Crippen LogP contribution in [-0.4, -0.2) is 49.2 Å². The summed E-state index contributed by atoms with van der Waals surface area (Å²) in [5, 5.41) is 0. The smallest absolute Gasteiger partial charge is 0.331 e. The van der Waals surface area contributed by atoms with E-state index in [1.807, 2.05) is 121 Å². The number of ether oxygens (including phenoxy) is 2. The van der Waals surface area contributed by atoms with Gasteiger partial charge in [0.25, 0.3) is 0 Å². The van der Waals surface area contributed by atoms with Gasteiger partial charge in [-0.05, 0) is 20.3 Å². The molecule has 0 saturated carbocycles. The molecule has 220 valence electrons. The lowest BCUT2D eigenvalue weighted by atomic mass is 10.0. The van der Waals surface area contributed by atoms with Gasteiger partial charge in [-0.15, -0.1) is 6.58 Å². The van der Waals surface area contributed by atoms with Crippen LogP contribution < -0.4 is 0 Å². The van der Waals surface area contributed by atoms with E-state index in [2.05, 4.69) is 11.6 Å². The molecule has 6 heteroatoms. The lowest BCUT2D eigenvalue weighted by molar-refractivity contribution is -0.144. The average Bonchev–Trinajstić information content (AvgIpc) is 3.05. The van der Waals surface area contributed by atoms with Crippen LogP contribution in [-0.2, 0) is 19.1 Å². The molecule has 4 aromatic carbocycles. The van der Waals surface area contributed by atoms with Gasteiger partial charge in [0.15, 0.2) is 6.04 Å². The van der Waals surface area contributed by atoms with Crippen molar-refractivity contribution in [2.75, 3.05) is 19.8 Å². The van der Waals surface area contributed by atoms with E-state index in [-0.39, 0.29) is 18.5 Å². The molecule has 4 aromatic rings. The predicted octanol–water partition coefficient (Wildman–Crippen LogP) is 7.12. The molecule has 0 heterocycles. The summed E-state index contributed by atoms with van der Waals surface area (Å²) in [7, 11) is 0. The zero-order valence-electron chi connectivity index (χ0n) is 24.8. The molecular formula is C37H38N2O4. The van der Waals surface area contributed by atoms with Gasteiger partial charge < -0.3 is 9.47 Å². The number of nitrogens with zero attached hydrogens (tertiary/aromatic N) is 2. The van der Waals surface area contributed by atoms with Crippen molar-refractivity contribution in [1.82, 2.24) is 0 Å². The van der Waals surface area contributed by atoms with E-state index in [0.29, 0.717) is 19.6 Å². The molecule has 4 rings (SSSR count). The second-order valence-electron chi connectivity index (χ2n) is 9.20. The number of esters is 2. The lowest BCUT2D eigenvalue weighted by Crippen LogP contribution is -2.23. The third kappa shape index (κ3) is 10.7. The first kappa shape index (κ1) is 32.4. The summed E-state index contributed by atoms with van der Waals surface area (Å²) in [6, 6.07) is 38.8. The highest BCUT2D eigenvalue weighted by Gasteiger charge is 2.19. The van der Waals surface area contributed by atoms with E-state index in [1.54, 1.807) is 19.9 Å². The highest BCUT2D eigenvalue weighted by molar-refractivity contribution is 6.14. The normalized spacial score (nSPS) is 10.7. The molecule has 0 aliphatic rings. The minimum absolute atomic E-state index is 0.0347. The maximum Gasteiger partial charge on any atom is 0.331 e. The number of rotatable bonds is 12. The molecule has 0 amide bonds. The average molecular weight is 575 g/mol. The van der Waals surface area contributed by atoms with Gasteiger partial charge in [-0.2, -0.15) is 0 Å². The van der Waals surface area contributed by atoms with Crippen LogP contribution in [0.1, 0.15) is 42.5 Å². The van der Waals surface area contributed by atoms with Gasteiger partial charge in [-0.1, -0.05) is 127 Å². The maximum atomic E-state index is 12.2. The molecule has 0 aromatic heterocycles. The van der Waals surface area contributed by atoms with E-state index >= 15 is 0 Å². The molecular weight excluding hydrogens is 536 g/mol. The Hall–Kier alpha value is -5.10. The number of carbonyl (C=O) groups is 2. The van der Waals surface area contributed by atoms with Crippen molar-refractivity contribution in [3.8, 4) is 0 Å². The molecule has 1 atom stereocenters. The van der Waals surface area contributed by atoms with Crippen molar-refractivity contribution in [3.63, 3.8) is 0 Å². The van der Waals surface area contributed by atoms with E-state index in [9.17, 15) is 9.59 Å². The summed E-state index contributed by atoms with van der Waals surface area (Å²) in [6.07, 6.45) is 2.14. The summed E-state index contributed by atoms with van der Waals surface area (Å²) < 4.78 is 10.1. The second-order valence-corrected chi connectivity index (χ2v) is 9.20. The Morgan fingerprint density at radius 3 is 1.42 bits per heavy atom. The molecule has 0 saturated heterocycles. The number of carbonyl (C=O) groups excluding carboxylic acids is 2. The van der Waals surface area contributed by atoms with Crippen molar-refractivity contribution in [1.29, 1.82) is 0 Å². The molecule has 6 nitrogen and oxygen atoms in total. The molecule has 0 aliphatic carbocycles. The van der Waals surface area contributed by atoms with Gasteiger partial charge in [0, 0.05) is 22.3 Å². The number of hydrogen-bond donors (Lipinski definition) is 0. The number of aliphatic imine (C=N–C) groups is 2. The monoisotopic (exact) mass is 574 g/mol. The van der Waals surface area contributed by atoms with Crippen molar-refractivity contribution in [3.05, 3.63) is 156 Å². The van der Waals surface area contributed by atoms with Gasteiger partial charge in [-0.3, -0.25) is 14.8 Å². The Morgan fingerprint density at radius 1 is 0.651 bits per heavy atom. The second kappa shape index (κ2) is 18.4. The third-order valence-corrected chi connectivity index (χ3v) is 6.09. The van der Waals surface area contributed by atoms with Gasteiger partial charge >= 0.3 is 11.9 Å². The molecule has 0 N–H and O–H groups in total. The van der Waals surface area contributed by atoms with Crippen LogP contribution in [0.3, 0.4) is 0 Å². The van der Waals surface area contributed by atoms with Gasteiger partial charge in [0.05, 0.1) is 24.6 Å². The summed E-state index contributed by atoms with van der Waals surface area (Å²) in [6.45, 7) is 8.05. The SMILES string of the molecule is C=CCC(N=C(c1ccccc1)c1ccccc1)C(=O)OCC.CCOC(=O)CN=C(c1ccccc1)c1ccccc1. The van der Waals surface area contributed by atoms with Crippen LogP contribution in [0.5, 0.6) is 0 Å². The van der Waals surface area contributed by atoms with E-state index in [0.717, 1.165) is 33.7 Å². The molecule has 0 bridgehead atoms. The zero-order valence-corrected chi connectivity index (χ0v) is 24.8.